The second-order valence-corrected chi connectivity index (χ2v) is 13.4. The maximum absolute atomic E-state index is 12.6. The average molecular weight is 868 g/mol. The quantitative estimate of drug-likeness (QED) is 0.0702. The molecule has 0 fully saturated rings. The lowest BCUT2D eigenvalue weighted by atomic mass is 9.98. The fourth-order valence-electron chi connectivity index (χ4n) is 5.76. The smallest absolute Gasteiger partial charge is 0.409 e. The monoisotopic (exact) mass is 867 g/mol. The van der Waals surface area contributed by atoms with Crippen LogP contribution in [0.1, 0.15) is 24.0 Å². The third-order valence-electron chi connectivity index (χ3n) is 8.84. The second-order valence-electron chi connectivity index (χ2n) is 13.4. The van der Waals surface area contributed by atoms with Gasteiger partial charge in [0.05, 0.1) is 159 Å². The molecule has 0 spiro atoms. The molecule has 1 aliphatic rings. The van der Waals surface area contributed by atoms with Gasteiger partial charge >= 0.3 is 12.1 Å². The van der Waals surface area contributed by atoms with E-state index < -0.39 is 0 Å². The minimum atomic E-state index is -0.369. The van der Waals surface area contributed by atoms with Gasteiger partial charge in [0.2, 0.25) is 0 Å². The van der Waals surface area contributed by atoms with Gasteiger partial charge in [-0.15, -0.1) is 0 Å². The Morgan fingerprint density at radius 1 is 0.410 bits per heavy atom. The Labute approximate surface area is 361 Å². The molecule has 0 aromatic heterocycles. The molecule has 2 aromatic rings. The van der Waals surface area contributed by atoms with Gasteiger partial charge < -0.3 is 71.2 Å². The van der Waals surface area contributed by atoms with Crippen molar-refractivity contribution in [2.45, 2.75) is 12.8 Å². The third-order valence-corrected chi connectivity index (χ3v) is 8.84. The largest absolute Gasteiger partial charge is 0.463 e. The SMILES string of the molecule is CC(=O)OCCOCCOCCOCCOCCOCCOCCOCCOCCOCCOCCOCCOCCN(C)C(=O)OCC1c2ccccc2-c2ccccc21. The lowest BCUT2D eigenvalue weighted by Gasteiger charge is -2.19. The van der Waals surface area contributed by atoms with Gasteiger partial charge in [-0.2, -0.15) is 0 Å². The summed E-state index contributed by atoms with van der Waals surface area (Å²) >= 11 is 0. The fourth-order valence-corrected chi connectivity index (χ4v) is 5.76. The number of hydrogen-bond acceptors (Lipinski definition) is 16. The number of hydrogen-bond donors (Lipinski definition) is 0. The molecule has 0 aliphatic heterocycles. The highest BCUT2D eigenvalue weighted by atomic mass is 16.6. The van der Waals surface area contributed by atoms with Crippen LogP contribution in [0.4, 0.5) is 4.79 Å². The Bertz CT molecular complexity index is 1340. The predicted octanol–water partition coefficient (Wildman–Crippen LogP) is 3.63. The van der Waals surface area contributed by atoms with Crippen molar-refractivity contribution >= 4 is 12.1 Å². The number of carbonyl (C=O) groups excluding carboxylic acids is 2. The van der Waals surface area contributed by atoms with E-state index in [1.165, 1.54) is 34.1 Å². The van der Waals surface area contributed by atoms with Gasteiger partial charge in [0.1, 0.15) is 13.2 Å². The molecule has 0 heterocycles. The van der Waals surface area contributed by atoms with Crippen molar-refractivity contribution in [1.82, 2.24) is 4.90 Å². The zero-order valence-electron chi connectivity index (χ0n) is 36.3. The van der Waals surface area contributed by atoms with Gasteiger partial charge in [-0.25, -0.2) is 4.79 Å². The van der Waals surface area contributed by atoms with Crippen molar-refractivity contribution in [3.05, 3.63) is 59.7 Å². The summed E-state index contributed by atoms with van der Waals surface area (Å²) < 4.78 is 76.2. The molecule has 1 aliphatic carbocycles. The molecule has 0 radical (unpaired) electrons. The molecule has 17 nitrogen and oxygen atoms in total. The van der Waals surface area contributed by atoms with E-state index in [-0.39, 0.29) is 24.6 Å². The van der Waals surface area contributed by atoms with Crippen molar-refractivity contribution in [3.63, 3.8) is 0 Å². The standard InChI is InChI=1S/C44H69NO16/c1-38(46)60-36-35-59-34-33-58-32-31-57-30-29-56-28-27-55-26-25-54-24-23-53-22-21-52-20-19-51-18-17-50-16-15-49-14-13-48-12-11-45(2)44(47)61-37-43-41-9-5-3-7-39(41)40-8-4-6-10-42(40)43/h3-10,43H,11-37H2,1-2H3. The highest BCUT2D eigenvalue weighted by molar-refractivity contribution is 5.79. The summed E-state index contributed by atoms with van der Waals surface area (Å²) in [6, 6.07) is 16.6. The molecule has 1 amide bonds. The zero-order valence-corrected chi connectivity index (χ0v) is 36.3. The van der Waals surface area contributed by atoms with Gasteiger partial charge in [-0.05, 0) is 22.3 Å². The summed E-state index contributed by atoms with van der Waals surface area (Å²) in [5, 5.41) is 0. The molecule has 3 rings (SSSR count). The van der Waals surface area contributed by atoms with Crippen LogP contribution in [-0.2, 0) is 71.1 Å². The number of esters is 1. The molecule has 0 atom stereocenters. The first-order chi connectivity index (χ1) is 30.1. The van der Waals surface area contributed by atoms with E-state index in [2.05, 4.69) is 24.3 Å². The van der Waals surface area contributed by atoms with Gasteiger partial charge in [-0.3, -0.25) is 4.79 Å². The van der Waals surface area contributed by atoms with Crippen molar-refractivity contribution in [2.24, 2.45) is 0 Å². The Hall–Kier alpha value is -3.30. The summed E-state index contributed by atoms with van der Waals surface area (Å²) in [6.45, 7) is 13.4. The molecule has 0 saturated carbocycles. The van der Waals surface area contributed by atoms with E-state index in [0.717, 1.165) is 0 Å². The third kappa shape index (κ3) is 25.4. The molecule has 17 heteroatoms. The van der Waals surface area contributed by atoms with Crippen LogP contribution in [0.5, 0.6) is 0 Å². The van der Waals surface area contributed by atoms with Gasteiger partial charge in [-0.1, -0.05) is 48.5 Å². The highest BCUT2D eigenvalue weighted by Crippen LogP contribution is 2.44. The van der Waals surface area contributed by atoms with Crippen molar-refractivity contribution < 1.29 is 75.9 Å². The normalized spacial score (nSPS) is 12.1. The van der Waals surface area contributed by atoms with Crippen LogP contribution in [0.3, 0.4) is 0 Å². The first kappa shape index (κ1) is 52.0. The number of benzene rings is 2. The number of carbonyl (C=O) groups is 2. The summed E-state index contributed by atoms with van der Waals surface area (Å²) in [4.78, 5) is 24.8. The molecule has 2 aromatic carbocycles. The number of fused-ring (bicyclic) bond motifs is 3. The van der Waals surface area contributed by atoms with Gasteiger partial charge in [0.25, 0.3) is 0 Å². The van der Waals surface area contributed by atoms with E-state index in [0.29, 0.717) is 172 Å². The van der Waals surface area contributed by atoms with E-state index in [4.69, 9.17) is 66.3 Å². The highest BCUT2D eigenvalue weighted by Gasteiger charge is 2.29. The van der Waals surface area contributed by atoms with Crippen LogP contribution in [-0.4, -0.2) is 202 Å². The number of ether oxygens (including phenoxy) is 14. The number of nitrogens with zero attached hydrogens (tertiary/aromatic N) is 1. The number of amides is 1. The van der Waals surface area contributed by atoms with Crippen molar-refractivity contribution in [1.29, 1.82) is 0 Å². The second kappa shape index (κ2) is 36.2. The fraction of sp³-hybridized carbons (Fsp3) is 0.682. The van der Waals surface area contributed by atoms with Crippen LogP contribution < -0.4 is 0 Å². The molecular formula is C44H69NO16. The topological polar surface area (TPSA) is 167 Å². The summed E-state index contributed by atoms with van der Waals surface area (Å²) in [7, 11) is 1.71. The van der Waals surface area contributed by atoms with Gasteiger partial charge in [0, 0.05) is 26.4 Å². The summed E-state index contributed by atoms with van der Waals surface area (Å²) in [5.74, 6) is -0.282. The van der Waals surface area contributed by atoms with Crippen LogP contribution >= 0.6 is 0 Å². The molecule has 61 heavy (non-hydrogen) atoms. The summed E-state index contributed by atoms with van der Waals surface area (Å²) in [5.41, 5.74) is 4.78. The minimum Gasteiger partial charge on any atom is -0.463 e. The van der Waals surface area contributed by atoms with Crippen molar-refractivity contribution in [3.8, 4) is 11.1 Å². The number of rotatable bonds is 41. The zero-order chi connectivity index (χ0) is 43.3. The van der Waals surface area contributed by atoms with E-state index in [1.807, 2.05) is 24.3 Å². The van der Waals surface area contributed by atoms with Gasteiger partial charge in [0.15, 0.2) is 0 Å². The molecule has 0 N–H and O–H groups in total. The molecule has 346 valence electrons. The Morgan fingerprint density at radius 3 is 1.00 bits per heavy atom. The maximum atomic E-state index is 12.6. The van der Waals surface area contributed by atoms with E-state index in [1.54, 1.807) is 7.05 Å². The lowest BCUT2D eigenvalue weighted by molar-refractivity contribution is -0.142. The Balaban J connectivity index is 0.937. The molecule has 0 bridgehead atoms. The average Bonchev–Trinajstić information content (AvgIpc) is 3.59. The molecule has 0 unspecified atom stereocenters. The van der Waals surface area contributed by atoms with Crippen LogP contribution in [0.25, 0.3) is 11.1 Å². The van der Waals surface area contributed by atoms with E-state index in [9.17, 15) is 9.59 Å². The predicted molar refractivity (Wildman–Crippen MR) is 224 cm³/mol. The number of likely N-dealkylation sites (N-methyl/N-ethyl adjacent to an activating group) is 1. The maximum Gasteiger partial charge on any atom is 0.409 e. The van der Waals surface area contributed by atoms with Crippen LogP contribution in [0, 0.1) is 0 Å². The first-order valence-electron chi connectivity index (χ1n) is 21.2. The minimum absolute atomic E-state index is 0.0335. The van der Waals surface area contributed by atoms with Crippen LogP contribution in [0.15, 0.2) is 48.5 Å². The van der Waals surface area contributed by atoms with E-state index >= 15 is 0 Å². The molecule has 0 saturated heterocycles. The van der Waals surface area contributed by atoms with Crippen LogP contribution in [0.2, 0.25) is 0 Å². The molecular weight excluding hydrogens is 798 g/mol. The first-order valence-corrected chi connectivity index (χ1v) is 21.2. The Kier molecular flexibility index (Phi) is 30.9. The summed E-state index contributed by atoms with van der Waals surface area (Å²) in [6.07, 6.45) is -0.369. The van der Waals surface area contributed by atoms with Crippen molar-refractivity contribution in [2.75, 3.05) is 185 Å². The lowest BCUT2D eigenvalue weighted by Crippen LogP contribution is -2.32. The Morgan fingerprint density at radius 2 is 0.689 bits per heavy atom.